The number of carbonyl (C=O) groups excluding carboxylic acids is 2. The van der Waals surface area contributed by atoms with Crippen molar-refractivity contribution in [2.75, 3.05) is 13.2 Å². The molecule has 0 aliphatic heterocycles. The Morgan fingerprint density at radius 2 is 0.717 bits per heavy atom. The van der Waals surface area contributed by atoms with E-state index in [-0.39, 0.29) is 13.0 Å². The van der Waals surface area contributed by atoms with Crippen LogP contribution in [0.15, 0.2) is 0 Å². The Balaban J connectivity index is 3.26. The minimum absolute atomic E-state index is 0.270. The lowest BCUT2D eigenvalue weighted by Crippen LogP contribution is -2.28. The van der Waals surface area contributed by atoms with E-state index in [0.717, 1.165) is 26.2 Å². The third-order valence-corrected chi connectivity index (χ3v) is 10.9. The SMILES string of the molecule is CCCCCCCCCCCCCCCCCCCCCCCCCCCCCCCCCCCCCCC(=O)OC[C@H](COP(=O)(O)O)OC(C)=O. The first-order valence-electron chi connectivity index (χ1n) is 22.8. The molecule has 0 radical (unpaired) electrons. The Kier molecular flexibility index (Phi) is 40.0. The van der Waals surface area contributed by atoms with Gasteiger partial charge in [-0.05, 0) is 6.42 Å². The van der Waals surface area contributed by atoms with Gasteiger partial charge in [-0.15, -0.1) is 0 Å². The molecule has 53 heavy (non-hydrogen) atoms. The largest absolute Gasteiger partial charge is 0.469 e. The van der Waals surface area contributed by atoms with Crippen LogP contribution >= 0.6 is 7.82 Å². The van der Waals surface area contributed by atoms with E-state index in [4.69, 9.17) is 19.3 Å². The summed E-state index contributed by atoms with van der Waals surface area (Å²) in [6.07, 6.45) is 48.7. The first-order chi connectivity index (χ1) is 25.7. The lowest BCUT2D eigenvalue weighted by molar-refractivity contribution is -0.159. The molecule has 0 unspecified atom stereocenters. The van der Waals surface area contributed by atoms with Crippen molar-refractivity contribution < 1.29 is 37.9 Å². The first kappa shape index (κ1) is 52.0. The second-order valence-corrected chi connectivity index (χ2v) is 17.1. The van der Waals surface area contributed by atoms with E-state index >= 15 is 0 Å². The molecule has 0 heterocycles. The molecule has 0 aromatic rings. The summed E-state index contributed by atoms with van der Waals surface area (Å²) in [6.45, 7) is 2.62. The van der Waals surface area contributed by atoms with Crippen molar-refractivity contribution in [1.29, 1.82) is 0 Å². The molecule has 316 valence electrons. The van der Waals surface area contributed by atoms with Crippen molar-refractivity contribution in [1.82, 2.24) is 0 Å². The summed E-state index contributed by atoms with van der Waals surface area (Å²) >= 11 is 0. The molecule has 0 fully saturated rings. The standard InChI is InChI=1S/C44H87O8P/c1-3-4-5-6-7-8-9-10-11-12-13-14-15-16-17-18-19-20-21-22-23-24-25-26-27-28-29-30-31-32-33-34-35-36-37-38-39-44(46)50-40-43(52-42(2)45)41-51-53(47,48)49/h43H,3-41H2,1-2H3,(H2,47,48,49)/t43-/m1/s1. The van der Waals surface area contributed by atoms with Gasteiger partial charge >= 0.3 is 19.8 Å². The van der Waals surface area contributed by atoms with E-state index in [2.05, 4.69) is 11.4 Å². The fraction of sp³-hybridized carbons (Fsp3) is 0.955. The third kappa shape index (κ3) is 45.3. The van der Waals surface area contributed by atoms with Crippen LogP contribution in [-0.4, -0.2) is 41.0 Å². The van der Waals surface area contributed by atoms with Crippen molar-refractivity contribution in [3.8, 4) is 0 Å². The van der Waals surface area contributed by atoms with Gasteiger partial charge in [-0.2, -0.15) is 0 Å². The van der Waals surface area contributed by atoms with E-state index in [0.29, 0.717) is 0 Å². The monoisotopic (exact) mass is 775 g/mol. The molecule has 0 aromatic heterocycles. The zero-order valence-electron chi connectivity index (χ0n) is 34.9. The molecule has 2 N–H and O–H groups in total. The van der Waals surface area contributed by atoms with Crippen LogP contribution in [0.5, 0.6) is 0 Å². The highest BCUT2D eigenvalue weighted by molar-refractivity contribution is 7.46. The summed E-state index contributed by atoms with van der Waals surface area (Å²) in [6, 6.07) is 0. The molecule has 0 rings (SSSR count). The Bertz CT molecular complexity index is 832. The van der Waals surface area contributed by atoms with Gasteiger partial charge in [0.2, 0.25) is 0 Å². The highest BCUT2D eigenvalue weighted by Gasteiger charge is 2.21. The van der Waals surface area contributed by atoms with Crippen molar-refractivity contribution in [2.24, 2.45) is 0 Å². The molecule has 0 aliphatic carbocycles. The summed E-state index contributed by atoms with van der Waals surface area (Å²) in [4.78, 5) is 40.7. The van der Waals surface area contributed by atoms with Crippen LogP contribution in [0.25, 0.3) is 0 Å². The number of esters is 2. The van der Waals surface area contributed by atoms with Gasteiger partial charge in [-0.25, -0.2) is 4.57 Å². The summed E-state index contributed by atoms with van der Waals surface area (Å²) in [5, 5.41) is 0. The maximum Gasteiger partial charge on any atom is 0.469 e. The number of hydrogen-bond donors (Lipinski definition) is 2. The Morgan fingerprint density at radius 1 is 0.453 bits per heavy atom. The van der Waals surface area contributed by atoms with Gasteiger partial charge in [0.15, 0.2) is 6.10 Å². The average Bonchev–Trinajstić information content (AvgIpc) is 3.12. The summed E-state index contributed by atoms with van der Waals surface area (Å²) < 4.78 is 25.2. The summed E-state index contributed by atoms with van der Waals surface area (Å²) in [5.41, 5.74) is 0. The van der Waals surface area contributed by atoms with Crippen LogP contribution < -0.4 is 0 Å². The molecule has 0 spiro atoms. The van der Waals surface area contributed by atoms with Gasteiger partial charge in [0.1, 0.15) is 6.61 Å². The molecular weight excluding hydrogens is 687 g/mol. The maximum atomic E-state index is 12.0. The van der Waals surface area contributed by atoms with Gasteiger partial charge in [0.05, 0.1) is 6.61 Å². The van der Waals surface area contributed by atoms with E-state index in [1.807, 2.05) is 0 Å². The van der Waals surface area contributed by atoms with E-state index in [1.54, 1.807) is 0 Å². The molecule has 0 saturated carbocycles. The van der Waals surface area contributed by atoms with E-state index in [1.165, 1.54) is 212 Å². The normalized spacial score (nSPS) is 12.3. The van der Waals surface area contributed by atoms with E-state index in [9.17, 15) is 14.2 Å². The molecular formula is C44H87O8P. The number of phosphoric acid groups is 1. The molecule has 8 nitrogen and oxygen atoms in total. The number of rotatable bonds is 43. The Morgan fingerprint density at radius 3 is 0.962 bits per heavy atom. The Hall–Kier alpha value is -0.950. The van der Waals surface area contributed by atoms with E-state index < -0.39 is 32.5 Å². The molecule has 0 amide bonds. The van der Waals surface area contributed by atoms with Gasteiger partial charge in [-0.3, -0.25) is 14.1 Å². The van der Waals surface area contributed by atoms with Gasteiger partial charge in [-0.1, -0.05) is 232 Å². The molecule has 0 saturated heterocycles. The molecule has 1 atom stereocenters. The summed E-state index contributed by atoms with van der Waals surface area (Å²) in [5.74, 6) is -1.06. The van der Waals surface area contributed by atoms with Crippen LogP contribution in [0.4, 0.5) is 0 Å². The molecule has 0 aromatic carbocycles. The highest BCUT2D eigenvalue weighted by Crippen LogP contribution is 2.35. The van der Waals surface area contributed by atoms with Crippen molar-refractivity contribution in [2.45, 2.75) is 258 Å². The zero-order valence-corrected chi connectivity index (χ0v) is 35.8. The lowest BCUT2D eigenvalue weighted by atomic mass is 10.0. The minimum Gasteiger partial charge on any atom is -0.462 e. The number of carbonyl (C=O) groups is 2. The van der Waals surface area contributed by atoms with Crippen LogP contribution in [0.1, 0.15) is 251 Å². The topological polar surface area (TPSA) is 119 Å². The second kappa shape index (κ2) is 40.7. The third-order valence-electron chi connectivity index (χ3n) is 10.4. The van der Waals surface area contributed by atoms with Crippen LogP contribution in [0, 0.1) is 0 Å². The fourth-order valence-electron chi connectivity index (χ4n) is 7.14. The highest BCUT2D eigenvalue weighted by atomic mass is 31.2. The number of phosphoric ester groups is 1. The average molecular weight is 775 g/mol. The predicted octanol–water partition coefficient (Wildman–Crippen LogP) is 14.0. The molecule has 9 heteroatoms. The second-order valence-electron chi connectivity index (χ2n) is 15.8. The van der Waals surface area contributed by atoms with Crippen molar-refractivity contribution >= 4 is 19.8 Å². The molecule has 0 bridgehead atoms. The van der Waals surface area contributed by atoms with Gasteiger partial charge in [0, 0.05) is 13.3 Å². The van der Waals surface area contributed by atoms with Crippen LogP contribution in [0.2, 0.25) is 0 Å². The Labute approximate surface area is 327 Å². The first-order valence-corrected chi connectivity index (χ1v) is 24.3. The van der Waals surface area contributed by atoms with Crippen molar-refractivity contribution in [3.63, 3.8) is 0 Å². The number of unbranched alkanes of at least 4 members (excludes halogenated alkanes) is 35. The zero-order chi connectivity index (χ0) is 38.9. The van der Waals surface area contributed by atoms with Crippen LogP contribution in [0.3, 0.4) is 0 Å². The summed E-state index contributed by atoms with van der Waals surface area (Å²) in [7, 11) is -4.70. The fourth-order valence-corrected chi connectivity index (χ4v) is 7.50. The predicted molar refractivity (Wildman–Crippen MR) is 221 cm³/mol. The maximum absolute atomic E-state index is 12.0. The smallest absolute Gasteiger partial charge is 0.462 e. The van der Waals surface area contributed by atoms with Crippen LogP contribution in [-0.2, 0) is 28.2 Å². The van der Waals surface area contributed by atoms with Gasteiger partial charge < -0.3 is 19.3 Å². The lowest BCUT2D eigenvalue weighted by Gasteiger charge is -2.17. The van der Waals surface area contributed by atoms with Crippen molar-refractivity contribution in [3.05, 3.63) is 0 Å². The van der Waals surface area contributed by atoms with Gasteiger partial charge in [0.25, 0.3) is 0 Å². The number of ether oxygens (including phenoxy) is 2. The number of hydrogen-bond acceptors (Lipinski definition) is 6. The quantitative estimate of drug-likeness (QED) is 0.0357. The minimum atomic E-state index is -4.70. The molecule has 0 aliphatic rings.